The number of carbonyl (C=O) groups excluding carboxylic acids is 1. The van der Waals surface area contributed by atoms with Gasteiger partial charge in [-0.2, -0.15) is 0 Å². The summed E-state index contributed by atoms with van der Waals surface area (Å²) in [5.41, 5.74) is -0.242. The van der Waals surface area contributed by atoms with E-state index in [1.807, 2.05) is 13.8 Å². The van der Waals surface area contributed by atoms with Gasteiger partial charge in [0.2, 0.25) is 5.91 Å². The third-order valence-corrected chi connectivity index (χ3v) is 3.94. The lowest BCUT2D eigenvalue weighted by Crippen LogP contribution is -2.50. The third-order valence-electron chi connectivity index (χ3n) is 1.47. The number of hydrogen-bond donors (Lipinski definition) is 1. The van der Waals surface area contributed by atoms with Crippen LogP contribution in [0.25, 0.3) is 0 Å². The Bertz CT molecular complexity index is 160. The Labute approximate surface area is 95.9 Å². The van der Waals surface area contributed by atoms with Gasteiger partial charge in [-0.1, -0.05) is 31.9 Å². The first-order chi connectivity index (χ1) is 6.08. The lowest BCUT2D eigenvalue weighted by Gasteiger charge is -2.26. The molecule has 0 aliphatic carbocycles. The topological polar surface area (TPSA) is 38.3 Å². The summed E-state index contributed by atoms with van der Waals surface area (Å²) in [4.78, 5) is 11.3. The monoisotopic (exact) mass is 315 g/mol. The molecule has 1 amide bonds. The normalized spacial score (nSPS) is 11.4. The first-order valence-electron chi connectivity index (χ1n) is 4.08. The maximum absolute atomic E-state index is 11.3. The summed E-state index contributed by atoms with van der Waals surface area (Å²) in [5.74, 6) is -0.0803. The minimum absolute atomic E-state index is 0.0803. The van der Waals surface area contributed by atoms with Crippen molar-refractivity contribution in [1.29, 1.82) is 0 Å². The summed E-state index contributed by atoms with van der Waals surface area (Å²) in [5, 5.41) is 4.29. The molecule has 0 rings (SSSR count). The molecule has 1 N–H and O–H groups in total. The number of hydrogen-bond acceptors (Lipinski definition) is 2. The van der Waals surface area contributed by atoms with Crippen LogP contribution in [0.1, 0.15) is 13.8 Å². The van der Waals surface area contributed by atoms with Crippen molar-refractivity contribution in [1.82, 2.24) is 5.32 Å². The highest BCUT2D eigenvalue weighted by Gasteiger charge is 2.23. The fraction of sp³-hybridized carbons (Fsp3) is 0.875. The van der Waals surface area contributed by atoms with Crippen molar-refractivity contribution in [2.24, 2.45) is 0 Å². The van der Waals surface area contributed by atoms with E-state index in [1.54, 1.807) is 0 Å². The lowest BCUT2D eigenvalue weighted by atomic mass is 10.1. The second-order valence-corrected chi connectivity index (χ2v) is 4.13. The summed E-state index contributed by atoms with van der Waals surface area (Å²) in [6.45, 7) is 4.51. The molecule has 0 aromatic carbocycles. The van der Waals surface area contributed by atoms with E-state index in [9.17, 15) is 4.79 Å². The number of carbonyl (C=O) groups is 1. The van der Waals surface area contributed by atoms with E-state index in [-0.39, 0.29) is 18.1 Å². The van der Waals surface area contributed by atoms with Crippen molar-refractivity contribution < 1.29 is 9.53 Å². The van der Waals surface area contributed by atoms with Gasteiger partial charge in [0.25, 0.3) is 0 Å². The molecule has 13 heavy (non-hydrogen) atoms. The fourth-order valence-electron chi connectivity index (χ4n) is 0.670. The van der Waals surface area contributed by atoms with Crippen LogP contribution in [-0.4, -0.2) is 35.3 Å². The van der Waals surface area contributed by atoms with Crippen LogP contribution in [-0.2, 0) is 9.53 Å². The molecule has 0 saturated carbocycles. The van der Waals surface area contributed by atoms with Crippen molar-refractivity contribution >= 4 is 37.8 Å². The smallest absolute Gasteiger partial charge is 0.246 e. The van der Waals surface area contributed by atoms with Crippen LogP contribution in [0.2, 0.25) is 0 Å². The minimum Gasteiger partial charge on any atom is -0.372 e. The largest absolute Gasteiger partial charge is 0.372 e. The van der Waals surface area contributed by atoms with Gasteiger partial charge >= 0.3 is 0 Å². The van der Waals surface area contributed by atoms with Gasteiger partial charge in [0.15, 0.2) is 0 Å². The highest BCUT2D eigenvalue weighted by molar-refractivity contribution is 9.09. The summed E-state index contributed by atoms with van der Waals surface area (Å²) >= 11 is 6.69. The molecule has 0 aliphatic heterocycles. The molecule has 0 radical (unpaired) electrons. The van der Waals surface area contributed by atoms with Gasteiger partial charge in [-0.15, -0.1) is 0 Å². The molecular weight excluding hydrogens is 302 g/mol. The molecule has 5 heteroatoms. The number of ether oxygens (including phenoxy) is 1. The second-order valence-electron chi connectivity index (χ2n) is 3.01. The van der Waals surface area contributed by atoms with Gasteiger partial charge in [-0.25, -0.2) is 0 Å². The highest BCUT2D eigenvalue weighted by atomic mass is 79.9. The second kappa shape index (κ2) is 6.79. The molecule has 0 unspecified atom stereocenters. The Kier molecular flexibility index (Phi) is 6.99. The number of rotatable bonds is 6. The zero-order valence-corrected chi connectivity index (χ0v) is 11.1. The van der Waals surface area contributed by atoms with Crippen LogP contribution in [0.5, 0.6) is 0 Å². The third kappa shape index (κ3) is 5.65. The van der Waals surface area contributed by atoms with Gasteiger partial charge in [-0.05, 0) is 13.8 Å². The van der Waals surface area contributed by atoms with Gasteiger partial charge in [0.1, 0.15) is 6.61 Å². The average Bonchev–Trinajstić information content (AvgIpc) is 2.14. The fourth-order valence-corrected chi connectivity index (χ4v) is 1.88. The molecule has 0 aromatic heterocycles. The van der Waals surface area contributed by atoms with Gasteiger partial charge in [-0.3, -0.25) is 4.79 Å². The zero-order chi connectivity index (χ0) is 10.3. The summed E-state index contributed by atoms with van der Waals surface area (Å²) < 4.78 is 4.99. The maximum Gasteiger partial charge on any atom is 0.246 e. The van der Waals surface area contributed by atoms with E-state index in [1.165, 1.54) is 0 Å². The average molecular weight is 317 g/mol. The van der Waals surface area contributed by atoms with Gasteiger partial charge in [0.05, 0.1) is 5.54 Å². The number of nitrogens with one attached hydrogen (secondary N) is 1. The molecule has 0 saturated heterocycles. The predicted molar refractivity (Wildman–Crippen MR) is 60.6 cm³/mol. The van der Waals surface area contributed by atoms with Crippen molar-refractivity contribution in [2.45, 2.75) is 19.4 Å². The van der Waals surface area contributed by atoms with Crippen LogP contribution in [0, 0.1) is 0 Å². The summed E-state index contributed by atoms with van der Waals surface area (Å²) in [7, 11) is 0. The molecule has 0 bridgehead atoms. The maximum atomic E-state index is 11.3. The quantitative estimate of drug-likeness (QED) is 0.757. The Balaban J connectivity index is 3.87. The van der Waals surface area contributed by atoms with E-state index in [4.69, 9.17) is 4.74 Å². The summed E-state index contributed by atoms with van der Waals surface area (Å²) in [6.07, 6.45) is 0. The van der Waals surface area contributed by atoms with Crippen molar-refractivity contribution in [3.63, 3.8) is 0 Å². The van der Waals surface area contributed by atoms with E-state index in [2.05, 4.69) is 37.2 Å². The highest BCUT2D eigenvalue weighted by Crippen LogP contribution is 2.10. The van der Waals surface area contributed by atoms with E-state index in [0.717, 1.165) is 0 Å². The van der Waals surface area contributed by atoms with E-state index in [0.29, 0.717) is 17.3 Å². The first kappa shape index (κ1) is 13.4. The zero-order valence-electron chi connectivity index (χ0n) is 7.90. The standard InChI is InChI=1S/C8H15Br2NO2/c1-3-13-4-7(12)11-8(2,5-9)6-10/h3-6H2,1-2H3,(H,11,12). The minimum atomic E-state index is -0.242. The molecular formula is C8H15Br2NO2. The van der Waals surface area contributed by atoms with Gasteiger partial charge < -0.3 is 10.1 Å². The molecule has 3 nitrogen and oxygen atoms in total. The Hall–Kier alpha value is 0.390. The number of alkyl halides is 2. The van der Waals surface area contributed by atoms with Crippen LogP contribution < -0.4 is 5.32 Å². The molecule has 0 fully saturated rings. The Morgan fingerprint density at radius 3 is 2.38 bits per heavy atom. The molecule has 0 aromatic rings. The summed E-state index contributed by atoms with van der Waals surface area (Å²) in [6, 6.07) is 0. The van der Waals surface area contributed by atoms with E-state index < -0.39 is 0 Å². The van der Waals surface area contributed by atoms with Crippen LogP contribution >= 0.6 is 31.9 Å². The molecule has 78 valence electrons. The van der Waals surface area contributed by atoms with Crippen molar-refractivity contribution in [3.05, 3.63) is 0 Å². The number of amides is 1. The molecule has 0 atom stereocenters. The van der Waals surface area contributed by atoms with Crippen LogP contribution in [0.4, 0.5) is 0 Å². The van der Waals surface area contributed by atoms with Crippen LogP contribution in [0.15, 0.2) is 0 Å². The Morgan fingerprint density at radius 2 is 2.00 bits per heavy atom. The van der Waals surface area contributed by atoms with Gasteiger partial charge in [0, 0.05) is 17.3 Å². The lowest BCUT2D eigenvalue weighted by molar-refractivity contribution is -0.126. The predicted octanol–water partition coefficient (Wildman–Crippen LogP) is 1.69. The van der Waals surface area contributed by atoms with E-state index >= 15 is 0 Å². The van der Waals surface area contributed by atoms with Crippen LogP contribution in [0.3, 0.4) is 0 Å². The Morgan fingerprint density at radius 1 is 1.46 bits per heavy atom. The molecule has 0 spiro atoms. The molecule has 0 heterocycles. The molecule has 0 aliphatic rings. The van der Waals surface area contributed by atoms with Crippen molar-refractivity contribution in [3.8, 4) is 0 Å². The first-order valence-corrected chi connectivity index (χ1v) is 6.33. The number of halogens is 2. The SMILES string of the molecule is CCOCC(=O)NC(C)(CBr)CBr. The van der Waals surface area contributed by atoms with Crippen molar-refractivity contribution in [2.75, 3.05) is 23.9 Å².